The Morgan fingerprint density at radius 2 is 1.90 bits per heavy atom. The highest BCUT2D eigenvalue weighted by Crippen LogP contribution is 2.27. The van der Waals surface area contributed by atoms with Crippen molar-refractivity contribution in [2.45, 2.75) is 12.8 Å². The number of nitrogens with two attached hydrogens (primary N) is 1. The third-order valence-electron chi connectivity index (χ3n) is 3.31. The minimum Gasteiger partial charge on any atom is -0.368 e. The zero-order chi connectivity index (χ0) is 14.2. The third-order valence-corrected chi connectivity index (χ3v) is 3.31. The van der Waals surface area contributed by atoms with Crippen molar-refractivity contribution in [3.05, 3.63) is 36.4 Å². The first-order valence-electron chi connectivity index (χ1n) is 6.74. The number of rotatable bonds is 1. The van der Waals surface area contributed by atoms with Crippen LogP contribution >= 0.6 is 0 Å². The van der Waals surface area contributed by atoms with E-state index in [4.69, 9.17) is 5.73 Å². The van der Waals surface area contributed by atoms with Gasteiger partial charge in [0.2, 0.25) is 5.95 Å². The van der Waals surface area contributed by atoms with Crippen LogP contribution in [-0.4, -0.2) is 24.6 Å². The molecule has 4 rings (SSSR count). The van der Waals surface area contributed by atoms with Gasteiger partial charge in [-0.15, -0.1) is 0 Å². The van der Waals surface area contributed by atoms with Crippen molar-refractivity contribution in [2.24, 2.45) is 5.92 Å². The van der Waals surface area contributed by atoms with Crippen LogP contribution < -0.4 is 5.73 Å². The van der Waals surface area contributed by atoms with Gasteiger partial charge in [0.25, 0.3) is 0 Å². The number of anilines is 1. The summed E-state index contributed by atoms with van der Waals surface area (Å²) in [6.07, 6.45) is 7.46. The number of aromatic nitrogens is 5. The highest BCUT2D eigenvalue weighted by atomic mass is 15.3. The fraction of sp³-hybridized carbons (Fsp3) is 0.200. The van der Waals surface area contributed by atoms with Gasteiger partial charge in [0, 0.05) is 23.9 Å². The van der Waals surface area contributed by atoms with E-state index in [-0.39, 0.29) is 5.95 Å². The molecule has 1 saturated carbocycles. The van der Waals surface area contributed by atoms with Crippen LogP contribution in [0.5, 0.6) is 0 Å². The van der Waals surface area contributed by atoms with Gasteiger partial charge in [0.05, 0.1) is 11.9 Å². The van der Waals surface area contributed by atoms with Gasteiger partial charge >= 0.3 is 0 Å². The predicted octanol–water partition coefficient (Wildman–Crippen LogP) is 1.53. The molecule has 0 saturated heterocycles. The molecule has 3 aromatic heterocycles. The van der Waals surface area contributed by atoms with Crippen LogP contribution in [0.25, 0.3) is 16.9 Å². The molecule has 1 aliphatic carbocycles. The van der Waals surface area contributed by atoms with Gasteiger partial charge in [-0.2, -0.15) is 5.10 Å². The minimum absolute atomic E-state index is 0.249. The number of fused-ring (bicyclic) bond motifs is 1. The number of nitrogens with zero attached hydrogens (tertiary/aromatic N) is 5. The largest absolute Gasteiger partial charge is 0.368 e. The Kier molecular flexibility index (Phi) is 2.57. The van der Waals surface area contributed by atoms with Crippen molar-refractivity contribution in [3.8, 4) is 23.1 Å². The van der Waals surface area contributed by atoms with Gasteiger partial charge in [-0.3, -0.25) is 0 Å². The van der Waals surface area contributed by atoms with E-state index < -0.39 is 0 Å². The van der Waals surface area contributed by atoms with E-state index in [1.165, 1.54) is 12.8 Å². The fourth-order valence-electron chi connectivity index (χ4n) is 1.99. The summed E-state index contributed by atoms with van der Waals surface area (Å²) in [5.41, 5.74) is 8.64. The number of hydrogen-bond acceptors (Lipinski definition) is 5. The molecule has 0 radical (unpaired) electrons. The lowest BCUT2D eigenvalue weighted by atomic mass is 10.2. The molecule has 0 aliphatic heterocycles. The molecule has 0 amide bonds. The lowest BCUT2D eigenvalue weighted by molar-refractivity contribution is 0.927. The topological polar surface area (TPSA) is 82.0 Å². The number of nitrogen functional groups attached to an aromatic ring is 1. The van der Waals surface area contributed by atoms with E-state index >= 15 is 0 Å². The molecular formula is C15H12N6. The lowest BCUT2D eigenvalue weighted by Gasteiger charge is -2.01. The van der Waals surface area contributed by atoms with Gasteiger partial charge in [-0.05, 0) is 30.9 Å². The average Bonchev–Trinajstić information content (AvgIpc) is 3.25. The van der Waals surface area contributed by atoms with Crippen LogP contribution in [-0.2, 0) is 0 Å². The second-order valence-electron chi connectivity index (χ2n) is 5.01. The summed E-state index contributed by atoms with van der Waals surface area (Å²) in [4.78, 5) is 12.3. The Bertz CT molecular complexity index is 865. The maximum atomic E-state index is 5.50. The Morgan fingerprint density at radius 3 is 2.67 bits per heavy atom. The average molecular weight is 276 g/mol. The van der Waals surface area contributed by atoms with Gasteiger partial charge < -0.3 is 5.73 Å². The van der Waals surface area contributed by atoms with Crippen LogP contribution in [0.3, 0.4) is 0 Å². The summed E-state index contributed by atoms with van der Waals surface area (Å²) in [6, 6.07) is 3.79. The van der Waals surface area contributed by atoms with Gasteiger partial charge in [-0.1, -0.05) is 5.92 Å². The normalized spacial score (nSPS) is 13.9. The molecule has 6 heteroatoms. The molecule has 2 N–H and O–H groups in total. The van der Waals surface area contributed by atoms with E-state index in [1.807, 2.05) is 12.1 Å². The molecule has 1 fully saturated rings. The summed E-state index contributed by atoms with van der Waals surface area (Å²) in [5.74, 6) is 7.17. The van der Waals surface area contributed by atoms with Gasteiger partial charge in [0.1, 0.15) is 5.69 Å². The first kappa shape index (κ1) is 11.9. The summed E-state index contributed by atoms with van der Waals surface area (Å²) < 4.78 is 1.75. The molecule has 6 nitrogen and oxygen atoms in total. The molecule has 3 heterocycles. The zero-order valence-electron chi connectivity index (χ0n) is 11.2. The van der Waals surface area contributed by atoms with Crippen molar-refractivity contribution < 1.29 is 0 Å². The smallest absolute Gasteiger partial charge is 0.219 e. The summed E-state index contributed by atoms with van der Waals surface area (Å²) in [6.45, 7) is 0. The first-order chi connectivity index (χ1) is 10.3. The molecule has 1 aliphatic rings. The van der Waals surface area contributed by atoms with Crippen molar-refractivity contribution in [1.29, 1.82) is 0 Å². The predicted molar refractivity (Wildman–Crippen MR) is 78.0 cm³/mol. The van der Waals surface area contributed by atoms with Crippen LogP contribution in [0.15, 0.2) is 30.7 Å². The van der Waals surface area contributed by atoms with E-state index in [0.29, 0.717) is 5.92 Å². The Hall–Kier alpha value is -2.94. The maximum absolute atomic E-state index is 5.50. The molecule has 0 unspecified atom stereocenters. The fourth-order valence-corrected chi connectivity index (χ4v) is 1.99. The summed E-state index contributed by atoms with van der Waals surface area (Å²) in [5, 5.41) is 4.56. The maximum Gasteiger partial charge on any atom is 0.219 e. The molecular weight excluding hydrogens is 264 g/mol. The molecule has 0 spiro atoms. The first-order valence-corrected chi connectivity index (χ1v) is 6.74. The summed E-state index contributed by atoms with van der Waals surface area (Å²) >= 11 is 0. The minimum atomic E-state index is 0.249. The van der Waals surface area contributed by atoms with Crippen LogP contribution in [0, 0.1) is 17.8 Å². The molecule has 0 bridgehead atoms. The van der Waals surface area contributed by atoms with E-state index in [0.717, 1.165) is 22.6 Å². The molecule has 3 aromatic rings. The Labute approximate surface area is 121 Å². The van der Waals surface area contributed by atoms with Gasteiger partial charge in [0.15, 0.2) is 5.65 Å². The zero-order valence-corrected chi connectivity index (χ0v) is 11.2. The molecule has 21 heavy (non-hydrogen) atoms. The highest BCUT2D eigenvalue weighted by Gasteiger charge is 2.18. The SMILES string of the molecule is Nc1ncc(-c2ccc3ncc(C#CC4CC4)n3n2)cn1. The second kappa shape index (κ2) is 4.56. The number of hydrogen-bond donors (Lipinski definition) is 1. The monoisotopic (exact) mass is 276 g/mol. The van der Waals surface area contributed by atoms with Crippen LogP contribution in [0.2, 0.25) is 0 Å². The van der Waals surface area contributed by atoms with Crippen molar-refractivity contribution >= 4 is 11.6 Å². The van der Waals surface area contributed by atoms with Crippen molar-refractivity contribution in [1.82, 2.24) is 24.6 Å². The van der Waals surface area contributed by atoms with Crippen molar-refractivity contribution in [3.63, 3.8) is 0 Å². The third kappa shape index (κ3) is 2.30. The molecule has 102 valence electrons. The molecule has 0 atom stereocenters. The summed E-state index contributed by atoms with van der Waals surface area (Å²) in [7, 11) is 0. The molecule has 0 aromatic carbocycles. The lowest BCUT2D eigenvalue weighted by Crippen LogP contribution is -1.99. The highest BCUT2D eigenvalue weighted by molar-refractivity contribution is 5.59. The Balaban J connectivity index is 1.79. The van der Waals surface area contributed by atoms with Crippen molar-refractivity contribution in [2.75, 3.05) is 5.73 Å². The van der Waals surface area contributed by atoms with E-state index in [2.05, 4.69) is 31.9 Å². The van der Waals surface area contributed by atoms with Crippen LogP contribution in [0.1, 0.15) is 18.5 Å². The Morgan fingerprint density at radius 1 is 1.10 bits per heavy atom. The van der Waals surface area contributed by atoms with E-state index in [9.17, 15) is 0 Å². The number of imidazole rings is 1. The second-order valence-corrected chi connectivity index (χ2v) is 5.01. The van der Waals surface area contributed by atoms with Crippen LogP contribution in [0.4, 0.5) is 5.95 Å². The quantitative estimate of drug-likeness (QED) is 0.682. The standard InChI is InChI=1S/C15H12N6/c16-15-18-7-11(8-19-15)13-5-6-14-17-9-12(21(14)20-13)4-3-10-1-2-10/h5-10H,1-2H2,(H2,16,18,19). The van der Waals surface area contributed by atoms with Gasteiger partial charge in [-0.25, -0.2) is 19.5 Å². The van der Waals surface area contributed by atoms with E-state index in [1.54, 1.807) is 23.1 Å².